The third-order valence-corrected chi connectivity index (χ3v) is 5.05. The Bertz CT molecular complexity index is 835. The summed E-state index contributed by atoms with van der Waals surface area (Å²) >= 11 is 0. The van der Waals surface area contributed by atoms with E-state index in [2.05, 4.69) is 20.9 Å². The van der Waals surface area contributed by atoms with Crippen LogP contribution in [0.1, 0.15) is 37.3 Å². The van der Waals surface area contributed by atoms with Crippen LogP contribution in [-0.2, 0) is 17.9 Å². The van der Waals surface area contributed by atoms with Gasteiger partial charge in [-0.1, -0.05) is 30.7 Å². The number of anilines is 1. The van der Waals surface area contributed by atoms with E-state index in [1.54, 1.807) is 7.11 Å². The summed E-state index contributed by atoms with van der Waals surface area (Å²) in [4.78, 5) is 16.8. The van der Waals surface area contributed by atoms with Crippen molar-refractivity contribution in [2.45, 2.75) is 39.3 Å². The molecule has 162 valence electrons. The van der Waals surface area contributed by atoms with Crippen LogP contribution in [0.4, 0.5) is 5.69 Å². The Hall–Kier alpha value is -2.29. The normalized spacial score (nSPS) is 13.6. The van der Waals surface area contributed by atoms with Gasteiger partial charge in [-0.25, -0.2) is 4.99 Å². The summed E-state index contributed by atoms with van der Waals surface area (Å²) in [5, 5.41) is 9.64. The van der Waals surface area contributed by atoms with Crippen molar-refractivity contribution in [3.05, 3.63) is 59.7 Å². The number of hydrogen-bond acceptors (Lipinski definition) is 3. The first-order valence-corrected chi connectivity index (χ1v) is 10.2. The molecule has 3 N–H and O–H groups in total. The first-order chi connectivity index (χ1) is 14.2. The van der Waals surface area contributed by atoms with E-state index in [1.807, 2.05) is 55.5 Å². The molecule has 3 rings (SSSR count). The van der Waals surface area contributed by atoms with Crippen LogP contribution in [0.25, 0.3) is 0 Å². The maximum atomic E-state index is 12.2. The van der Waals surface area contributed by atoms with Gasteiger partial charge in [-0.15, -0.1) is 24.0 Å². The van der Waals surface area contributed by atoms with Crippen molar-refractivity contribution in [1.29, 1.82) is 0 Å². The largest absolute Gasteiger partial charge is 0.497 e. The van der Waals surface area contributed by atoms with Crippen LogP contribution in [0.2, 0.25) is 0 Å². The molecule has 1 aliphatic rings. The van der Waals surface area contributed by atoms with Gasteiger partial charge in [0.2, 0.25) is 5.91 Å². The topological polar surface area (TPSA) is 74.8 Å². The number of halogens is 1. The lowest BCUT2D eigenvalue weighted by molar-refractivity contribution is -0.122. The van der Waals surface area contributed by atoms with Gasteiger partial charge in [0.05, 0.1) is 13.7 Å². The molecule has 0 saturated heterocycles. The Kier molecular flexibility index (Phi) is 9.93. The van der Waals surface area contributed by atoms with Gasteiger partial charge in [0.1, 0.15) is 5.75 Å². The van der Waals surface area contributed by atoms with Gasteiger partial charge in [0.25, 0.3) is 0 Å². The van der Waals surface area contributed by atoms with Gasteiger partial charge in [0, 0.05) is 24.7 Å². The number of amides is 1. The van der Waals surface area contributed by atoms with Crippen LogP contribution in [-0.4, -0.2) is 25.5 Å². The minimum absolute atomic E-state index is 0. The average Bonchev–Trinajstić information content (AvgIpc) is 2.69. The standard InChI is InChI=1S/C23H30N4O2.HI/c1-3-24-23(25-15-17-10-12-21(29-2)13-11-17)26-16-18-6-4-9-20(14-18)27-22(28)19-7-5-8-19;/h4,6,9-14,19H,3,5,7-8,15-16H2,1-2H3,(H,27,28)(H2,24,25,26);1H. The quantitative estimate of drug-likeness (QED) is 0.275. The van der Waals surface area contributed by atoms with Crippen LogP contribution < -0.4 is 20.7 Å². The first-order valence-electron chi connectivity index (χ1n) is 10.2. The van der Waals surface area contributed by atoms with E-state index in [0.717, 1.165) is 54.3 Å². The molecular formula is C23H31IN4O2. The Morgan fingerprint density at radius 3 is 2.50 bits per heavy atom. The minimum Gasteiger partial charge on any atom is -0.497 e. The molecule has 2 aromatic rings. The maximum absolute atomic E-state index is 12.2. The molecule has 2 aromatic carbocycles. The predicted molar refractivity (Wildman–Crippen MR) is 132 cm³/mol. The number of benzene rings is 2. The van der Waals surface area contributed by atoms with Crippen molar-refractivity contribution < 1.29 is 9.53 Å². The fourth-order valence-corrected chi connectivity index (χ4v) is 3.10. The monoisotopic (exact) mass is 522 g/mol. The molecule has 0 bridgehead atoms. The van der Waals surface area contributed by atoms with E-state index in [4.69, 9.17) is 4.74 Å². The third kappa shape index (κ3) is 7.19. The molecule has 0 heterocycles. The fourth-order valence-electron chi connectivity index (χ4n) is 3.10. The van der Waals surface area contributed by atoms with Crippen LogP contribution in [0.5, 0.6) is 5.75 Å². The van der Waals surface area contributed by atoms with E-state index in [9.17, 15) is 4.79 Å². The maximum Gasteiger partial charge on any atom is 0.227 e. The lowest BCUT2D eigenvalue weighted by Gasteiger charge is -2.24. The number of aliphatic imine (C=N–C) groups is 1. The molecule has 0 aliphatic heterocycles. The van der Waals surface area contributed by atoms with E-state index < -0.39 is 0 Å². The number of nitrogens with one attached hydrogen (secondary N) is 3. The number of ether oxygens (including phenoxy) is 1. The number of methoxy groups -OCH3 is 1. The molecule has 1 fully saturated rings. The Morgan fingerprint density at radius 2 is 1.87 bits per heavy atom. The Morgan fingerprint density at radius 1 is 1.10 bits per heavy atom. The second kappa shape index (κ2) is 12.4. The molecule has 30 heavy (non-hydrogen) atoms. The zero-order valence-corrected chi connectivity index (χ0v) is 19.9. The van der Waals surface area contributed by atoms with Crippen molar-refractivity contribution >= 4 is 41.5 Å². The van der Waals surface area contributed by atoms with E-state index >= 15 is 0 Å². The second-order valence-electron chi connectivity index (χ2n) is 7.21. The second-order valence-corrected chi connectivity index (χ2v) is 7.21. The lowest BCUT2D eigenvalue weighted by atomic mass is 9.85. The summed E-state index contributed by atoms with van der Waals surface area (Å²) < 4.78 is 5.19. The number of nitrogens with zero attached hydrogens (tertiary/aromatic N) is 1. The van der Waals surface area contributed by atoms with Crippen LogP contribution >= 0.6 is 24.0 Å². The summed E-state index contributed by atoms with van der Waals surface area (Å²) in [5.74, 6) is 1.91. The van der Waals surface area contributed by atoms with E-state index in [0.29, 0.717) is 13.1 Å². The first kappa shape index (κ1) is 24.0. The zero-order valence-electron chi connectivity index (χ0n) is 17.6. The Balaban J connectivity index is 0.00000320. The summed E-state index contributed by atoms with van der Waals surface area (Å²) in [7, 11) is 1.66. The van der Waals surface area contributed by atoms with Crippen molar-refractivity contribution in [2.24, 2.45) is 10.9 Å². The third-order valence-electron chi connectivity index (χ3n) is 5.05. The molecule has 0 aromatic heterocycles. The van der Waals surface area contributed by atoms with Crippen LogP contribution in [0, 0.1) is 5.92 Å². The van der Waals surface area contributed by atoms with Gasteiger partial charge in [-0.2, -0.15) is 0 Å². The summed E-state index contributed by atoms with van der Waals surface area (Å²) in [6.07, 6.45) is 3.16. The van der Waals surface area contributed by atoms with Crippen molar-refractivity contribution in [2.75, 3.05) is 19.0 Å². The van der Waals surface area contributed by atoms with E-state index in [-0.39, 0.29) is 35.8 Å². The van der Waals surface area contributed by atoms with Crippen LogP contribution in [0.15, 0.2) is 53.5 Å². The van der Waals surface area contributed by atoms with Gasteiger partial charge < -0.3 is 20.7 Å². The molecule has 6 nitrogen and oxygen atoms in total. The van der Waals surface area contributed by atoms with Gasteiger partial charge in [-0.3, -0.25) is 4.79 Å². The number of guanidine groups is 1. The molecule has 1 aliphatic carbocycles. The molecule has 0 unspecified atom stereocenters. The molecule has 0 spiro atoms. The average molecular weight is 522 g/mol. The van der Waals surface area contributed by atoms with Crippen molar-refractivity contribution in [3.63, 3.8) is 0 Å². The summed E-state index contributed by atoms with van der Waals surface area (Å²) in [6.45, 7) is 4.03. The number of carbonyl (C=O) groups excluding carboxylic acids is 1. The highest BCUT2D eigenvalue weighted by Gasteiger charge is 2.25. The molecule has 0 radical (unpaired) electrons. The van der Waals surface area contributed by atoms with Crippen molar-refractivity contribution in [3.8, 4) is 5.75 Å². The zero-order chi connectivity index (χ0) is 20.5. The summed E-state index contributed by atoms with van der Waals surface area (Å²) in [5.41, 5.74) is 3.04. The highest BCUT2D eigenvalue weighted by Crippen LogP contribution is 2.27. The van der Waals surface area contributed by atoms with Gasteiger partial charge in [0.15, 0.2) is 5.96 Å². The molecule has 1 saturated carbocycles. The number of hydrogen-bond donors (Lipinski definition) is 3. The van der Waals surface area contributed by atoms with Gasteiger partial charge in [-0.05, 0) is 55.2 Å². The van der Waals surface area contributed by atoms with Crippen molar-refractivity contribution in [1.82, 2.24) is 10.6 Å². The number of rotatable bonds is 8. The molecule has 1 amide bonds. The Labute approximate surface area is 195 Å². The van der Waals surface area contributed by atoms with Crippen LogP contribution in [0.3, 0.4) is 0 Å². The van der Waals surface area contributed by atoms with Gasteiger partial charge >= 0.3 is 0 Å². The highest BCUT2D eigenvalue weighted by atomic mass is 127. The molecule has 0 atom stereocenters. The minimum atomic E-state index is 0. The van der Waals surface area contributed by atoms with E-state index in [1.165, 1.54) is 0 Å². The molecule has 7 heteroatoms. The number of carbonyl (C=O) groups is 1. The highest BCUT2D eigenvalue weighted by molar-refractivity contribution is 14.0. The predicted octanol–water partition coefficient (Wildman–Crippen LogP) is 4.31. The molecular weight excluding hydrogens is 491 g/mol. The lowest BCUT2D eigenvalue weighted by Crippen LogP contribution is -2.36. The fraction of sp³-hybridized carbons (Fsp3) is 0.391. The summed E-state index contributed by atoms with van der Waals surface area (Å²) in [6, 6.07) is 15.9. The SMILES string of the molecule is CCNC(=NCc1cccc(NC(=O)C2CCC2)c1)NCc1ccc(OC)cc1.I. The smallest absolute Gasteiger partial charge is 0.227 e.